The van der Waals surface area contributed by atoms with Crippen LogP contribution in [-0.4, -0.2) is 26.9 Å². The van der Waals surface area contributed by atoms with Crippen LogP contribution in [0.3, 0.4) is 0 Å². The van der Waals surface area contributed by atoms with E-state index in [1.807, 2.05) is 0 Å². The fraction of sp³-hybridized carbons (Fsp3) is 0.238. The highest BCUT2D eigenvalue weighted by molar-refractivity contribution is 5.94. The number of hydrogen-bond donors (Lipinski definition) is 3. The molecule has 0 saturated heterocycles. The first kappa shape index (κ1) is 21.3. The van der Waals surface area contributed by atoms with Crippen molar-refractivity contribution in [2.24, 2.45) is 5.73 Å². The van der Waals surface area contributed by atoms with Gasteiger partial charge in [0.2, 0.25) is 5.95 Å². The van der Waals surface area contributed by atoms with E-state index in [1.54, 1.807) is 17.4 Å². The van der Waals surface area contributed by atoms with Crippen molar-refractivity contribution in [2.75, 3.05) is 5.32 Å². The van der Waals surface area contributed by atoms with Crippen molar-refractivity contribution in [2.45, 2.75) is 31.7 Å². The number of aromatic nitrogens is 3. The second kappa shape index (κ2) is 8.33. The van der Waals surface area contributed by atoms with Crippen molar-refractivity contribution in [3.05, 3.63) is 69.9 Å². The Morgan fingerprint density at radius 3 is 2.41 bits per heavy atom. The summed E-state index contributed by atoms with van der Waals surface area (Å²) in [7, 11) is 0. The molecule has 2 aromatic heterocycles. The Bertz CT molecular complexity index is 1190. The van der Waals surface area contributed by atoms with Gasteiger partial charge in [0.05, 0.1) is 0 Å². The molecule has 0 radical (unpaired) electrons. The molecule has 0 unspecified atom stereocenters. The minimum atomic E-state index is -4.83. The lowest BCUT2D eigenvalue weighted by Crippen LogP contribution is -2.27. The van der Waals surface area contributed by atoms with Crippen molar-refractivity contribution in [3.8, 4) is 16.9 Å². The molecule has 1 amide bonds. The number of carbonyl (C=O) groups is 1. The fourth-order valence-electron chi connectivity index (χ4n) is 2.98. The zero-order valence-corrected chi connectivity index (χ0v) is 16.6. The summed E-state index contributed by atoms with van der Waals surface area (Å²) in [5.41, 5.74) is 2.55. The molecule has 1 saturated carbocycles. The first-order chi connectivity index (χ1) is 15.2. The number of H-pyrrole nitrogens is 1. The molecule has 11 heteroatoms. The summed E-state index contributed by atoms with van der Waals surface area (Å²) in [5, 5.41) is 3.17. The maximum Gasteiger partial charge on any atom is 0.431 e. The number of ether oxygens (including phenoxy) is 1. The molecule has 0 spiro atoms. The number of rotatable bonds is 7. The molecule has 4 rings (SSSR count). The average molecular weight is 445 g/mol. The number of nitrogens with zero attached hydrogens (tertiary/aromatic N) is 2. The van der Waals surface area contributed by atoms with Gasteiger partial charge in [-0.1, -0.05) is 12.1 Å². The summed E-state index contributed by atoms with van der Waals surface area (Å²) in [6, 6.07) is 7.02. The second-order valence-corrected chi connectivity index (χ2v) is 7.31. The number of anilines is 1. The normalized spacial score (nSPS) is 13.6. The highest BCUT2D eigenvalue weighted by atomic mass is 19.4. The van der Waals surface area contributed by atoms with E-state index in [-0.39, 0.29) is 17.7 Å². The quantitative estimate of drug-likeness (QED) is 0.514. The first-order valence-electron chi connectivity index (χ1n) is 9.66. The van der Waals surface area contributed by atoms with Gasteiger partial charge in [-0.2, -0.15) is 13.2 Å². The Morgan fingerprint density at radius 1 is 1.19 bits per heavy atom. The van der Waals surface area contributed by atoms with E-state index in [0.29, 0.717) is 17.7 Å². The predicted octanol–water partition coefficient (Wildman–Crippen LogP) is 3.10. The average Bonchev–Trinajstić information content (AvgIpc) is 3.57. The number of nitrogens with one attached hydrogen (secondary N) is 2. The van der Waals surface area contributed by atoms with Gasteiger partial charge < -0.3 is 20.8 Å². The molecule has 8 nitrogen and oxygen atoms in total. The highest BCUT2D eigenvalue weighted by Gasteiger charge is 2.36. The highest BCUT2D eigenvalue weighted by Crippen LogP contribution is 2.35. The molecule has 1 aromatic carbocycles. The van der Waals surface area contributed by atoms with Gasteiger partial charge in [-0.3, -0.25) is 9.59 Å². The van der Waals surface area contributed by atoms with E-state index < -0.39 is 28.9 Å². The maximum atomic E-state index is 13.4. The molecule has 1 aliphatic carbocycles. The Morgan fingerprint density at radius 2 is 1.84 bits per heavy atom. The van der Waals surface area contributed by atoms with Gasteiger partial charge in [0.15, 0.2) is 0 Å². The summed E-state index contributed by atoms with van der Waals surface area (Å²) >= 11 is 0. The van der Waals surface area contributed by atoms with E-state index >= 15 is 0 Å². The topological polar surface area (TPSA) is 123 Å². The molecular formula is C21H18F3N5O3. The molecule has 0 aliphatic heterocycles. The van der Waals surface area contributed by atoms with Gasteiger partial charge in [-0.15, -0.1) is 0 Å². The third-order valence-electron chi connectivity index (χ3n) is 4.78. The van der Waals surface area contributed by atoms with Crippen LogP contribution >= 0.6 is 0 Å². The van der Waals surface area contributed by atoms with Gasteiger partial charge in [0.1, 0.15) is 23.6 Å². The van der Waals surface area contributed by atoms with E-state index in [0.717, 1.165) is 24.5 Å². The van der Waals surface area contributed by atoms with Crippen molar-refractivity contribution < 1.29 is 22.7 Å². The lowest BCUT2D eigenvalue weighted by Gasteiger charge is -2.14. The lowest BCUT2D eigenvalue weighted by molar-refractivity contribution is -0.140. The minimum Gasteiger partial charge on any atom is -0.489 e. The van der Waals surface area contributed by atoms with Crippen LogP contribution in [0.5, 0.6) is 5.75 Å². The van der Waals surface area contributed by atoms with Crippen LogP contribution in [0.25, 0.3) is 11.1 Å². The number of benzene rings is 1. The number of alkyl halides is 3. The first-order valence-corrected chi connectivity index (χ1v) is 9.66. The second-order valence-electron chi connectivity index (χ2n) is 7.31. The molecule has 0 bridgehead atoms. The molecule has 0 atom stereocenters. The van der Waals surface area contributed by atoms with Crippen LogP contribution < -0.4 is 21.3 Å². The molecule has 166 valence electrons. The van der Waals surface area contributed by atoms with Crippen LogP contribution in [0.2, 0.25) is 0 Å². The fourth-order valence-corrected chi connectivity index (χ4v) is 2.98. The van der Waals surface area contributed by atoms with Gasteiger partial charge in [-0.05, 0) is 36.6 Å². The van der Waals surface area contributed by atoms with Crippen molar-refractivity contribution >= 4 is 11.9 Å². The lowest BCUT2D eigenvalue weighted by atomic mass is 10.0. The number of carbonyl (C=O) groups excluding carboxylic acids is 1. The number of hydrogen-bond acceptors (Lipinski definition) is 6. The molecule has 4 N–H and O–H groups in total. The zero-order chi connectivity index (χ0) is 22.9. The van der Waals surface area contributed by atoms with Gasteiger partial charge in [0.25, 0.3) is 11.5 Å². The van der Waals surface area contributed by atoms with Gasteiger partial charge in [0, 0.05) is 29.6 Å². The van der Waals surface area contributed by atoms with Crippen molar-refractivity contribution in [1.29, 1.82) is 0 Å². The van der Waals surface area contributed by atoms with E-state index in [9.17, 15) is 22.8 Å². The Balaban J connectivity index is 1.51. The number of primary amides is 1. The van der Waals surface area contributed by atoms with Crippen LogP contribution in [0.4, 0.5) is 19.1 Å². The van der Waals surface area contributed by atoms with E-state index in [1.165, 1.54) is 24.3 Å². The molecular weight excluding hydrogens is 427 g/mol. The number of pyridine rings is 1. The summed E-state index contributed by atoms with van der Waals surface area (Å²) in [6.45, 7) is 0.168. The molecule has 1 aliphatic rings. The Hall–Kier alpha value is -3.89. The summed E-state index contributed by atoms with van der Waals surface area (Å²) in [4.78, 5) is 33.3. The van der Waals surface area contributed by atoms with Crippen molar-refractivity contribution in [1.82, 2.24) is 15.0 Å². The van der Waals surface area contributed by atoms with Gasteiger partial charge >= 0.3 is 6.18 Å². The molecule has 2 heterocycles. The predicted molar refractivity (Wildman–Crippen MR) is 109 cm³/mol. The van der Waals surface area contributed by atoms with Crippen LogP contribution in [0, 0.1) is 0 Å². The Kier molecular flexibility index (Phi) is 5.56. The smallest absolute Gasteiger partial charge is 0.431 e. The SMILES string of the molecule is NC(=O)c1cc(-c2ccc(OCc3cnc(NC4CC4)nc3)cc2)c(C(F)(F)F)[nH]c1=O. The van der Waals surface area contributed by atoms with Crippen LogP contribution in [-0.2, 0) is 12.8 Å². The summed E-state index contributed by atoms with van der Waals surface area (Å²) < 4.78 is 45.9. The monoisotopic (exact) mass is 445 g/mol. The van der Waals surface area contributed by atoms with E-state index in [2.05, 4.69) is 15.3 Å². The van der Waals surface area contributed by atoms with E-state index in [4.69, 9.17) is 10.5 Å². The third kappa shape index (κ3) is 4.88. The number of amides is 1. The molecule has 1 fully saturated rings. The third-order valence-corrected chi connectivity index (χ3v) is 4.78. The minimum absolute atomic E-state index is 0.127. The number of nitrogens with two attached hydrogens (primary N) is 1. The van der Waals surface area contributed by atoms with Crippen LogP contribution in [0.1, 0.15) is 34.5 Å². The van der Waals surface area contributed by atoms with Crippen LogP contribution in [0.15, 0.2) is 47.5 Å². The largest absolute Gasteiger partial charge is 0.489 e. The van der Waals surface area contributed by atoms with Gasteiger partial charge in [-0.25, -0.2) is 9.97 Å². The summed E-state index contributed by atoms with van der Waals surface area (Å²) in [5.74, 6) is -0.166. The Labute approximate surface area is 179 Å². The summed E-state index contributed by atoms with van der Waals surface area (Å²) in [6.07, 6.45) is 0.649. The number of halogens is 3. The van der Waals surface area contributed by atoms with Crippen molar-refractivity contribution in [3.63, 3.8) is 0 Å². The molecule has 32 heavy (non-hydrogen) atoms. The number of aromatic amines is 1. The zero-order valence-electron chi connectivity index (χ0n) is 16.6. The standard InChI is InChI=1S/C21H18F3N5O3/c22-21(23,24)17-15(7-16(18(25)30)19(31)29-17)12-1-5-14(6-2-12)32-10-11-8-26-20(27-9-11)28-13-3-4-13/h1-2,5-9,13H,3-4,10H2,(H2,25,30)(H,29,31)(H,26,27,28). The maximum absolute atomic E-state index is 13.4. The molecule has 3 aromatic rings.